The third-order valence-electron chi connectivity index (χ3n) is 3.98. The molecule has 0 fully saturated rings. The van der Waals surface area contributed by atoms with Gasteiger partial charge in [0, 0.05) is 18.7 Å². The smallest absolute Gasteiger partial charge is 0.258 e. The first kappa shape index (κ1) is 17.4. The summed E-state index contributed by atoms with van der Waals surface area (Å²) in [4.78, 5) is 22.7. The number of fused-ring (bicyclic) bond motifs is 1. The van der Waals surface area contributed by atoms with Crippen molar-refractivity contribution in [2.45, 2.75) is 0 Å². The van der Waals surface area contributed by atoms with E-state index < -0.39 is 0 Å². The van der Waals surface area contributed by atoms with Crippen molar-refractivity contribution in [3.05, 3.63) is 17.7 Å². The number of carbonyl (C=O) groups excluding carboxylic acids is 1. The number of hydrogen-bond acceptors (Lipinski definition) is 9. The minimum absolute atomic E-state index is 0.0378. The van der Waals surface area contributed by atoms with Crippen molar-refractivity contribution in [1.29, 1.82) is 0 Å². The number of ether oxygens (including phenoxy) is 3. The van der Waals surface area contributed by atoms with Crippen LogP contribution in [0.4, 0.5) is 23.3 Å². The summed E-state index contributed by atoms with van der Waals surface area (Å²) in [6, 6.07) is 3.17. The van der Waals surface area contributed by atoms with E-state index in [1.165, 1.54) is 26.2 Å². The van der Waals surface area contributed by atoms with Gasteiger partial charge in [0.05, 0.1) is 21.3 Å². The molecule has 1 aliphatic heterocycles. The number of benzene rings is 1. The average Bonchev–Trinajstić information content (AvgIpc) is 2.65. The highest BCUT2D eigenvalue weighted by Crippen LogP contribution is 2.40. The summed E-state index contributed by atoms with van der Waals surface area (Å²) in [5, 5.41) is 3.07. The van der Waals surface area contributed by atoms with Crippen LogP contribution < -0.4 is 35.9 Å². The number of aromatic nitrogens is 2. The van der Waals surface area contributed by atoms with E-state index in [4.69, 9.17) is 25.7 Å². The zero-order valence-electron chi connectivity index (χ0n) is 14.7. The van der Waals surface area contributed by atoms with Gasteiger partial charge in [-0.15, -0.1) is 0 Å². The quantitative estimate of drug-likeness (QED) is 0.720. The second-order valence-electron chi connectivity index (χ2n) is 5.46. The lowest BCUT2D eigenvalue weighted by Crippen LogP contribution is -2.40. The van der Waals surface area contributed by atoms with E-state index in [1.54, 1.807) is 12.1 Å². The molecule has 0 unspecified atom stereocenters. The molecule has 1 amide bonds. The molecule has 0 bridgehead atoms. The average molecular weight is 360 g/mol. The van der Waals surface area contributed by atoms with Gasteiger partial charge in [0.2, 0.25) is 11.7 Å². The van der Waals surface area contributed by atoms with Crippen molar-refractivity contribution in [3.8, 4) is 17.2 Å². The topological polar surface area (TPSA) is 138 Å². The molecule has 10 heteroatoms. The van der Waals surface area contributed by atoms with Crippen LogP contribution in [0.5, 0.6) is 17.2 Å². The Balaban J connectivity index is 2.07. The summed E-state index contributed by atoms with van der Waals surface area (Å²) >= 11 is 0. The van der Waals surface area contributed by atoms with E-state index in [2.05, 4.69) is 15.3 Å². The van der Waals surface area contributed by atoms with Crippen molar-refractivity contribution in [3.63, 3.8) is 0 Å². The number of carbonyl (C=O) groups is 1. The summed E-state index contributed by atoms with van der Waals surface area (Å²) in [7, 11) is 4.47. The third-order valence-corrected chi connectivity index (χ3v) is 3.98. The number of nitrogen functional groups attached to an aromatic ring is 2. The lowest BCUT2D eigenvalue weighted by Gasteiger charge is -2.30. The highest BCUT2D eigenvalue weighted by molar-refractivity contribution is 6.10. The maximum Gasteiger partial charge on any atom is 0.258 e. The van der Waals surface area contributed by atoms with Crippen LogP contribution in [0, 0.1) is 0 Å². The molecule has 0 saturated carbocycles. The molecule has 0 atom stereocenters. The largest absolute Gasteiger partial charge is 0.493 e. The summed E-state index contributed by atoms with van der Waals surface area (Å²) in [5.74, 6) is 1.45. The Morgan fingerprint density at radius 3 is 2.35 bits per heavy atom. The second kappa shape index (κ2) is 6.82. The van der Waals surface area contributed by atoms with Gasteiger partial charge in [-0.1, -0.05) is 0 Å². The minimum atomic E-state index is -0.299. The molecule has 26 heavy (non-hydrogen) atoms. The van der Waals surface area contributed by atoms with Gasteiger partial charge >= 0.3 is 0 Å². The Labute approximate surface area is 150 Å². The molecule has 1 aromatic heterocycles. The van der Waals surface area contributed by atoms with Crippen LogP contribution in [0.25, 0.3) is 0 Å². The molecule has 0 spiro atoms. The van der Waals surface area contributed by atoms with Crippen molar-refractivity contribution in [1.82, 2.24) is 9.97 Å². The van der Waals surface area contributed by atoms with E-state index >= 15 is 0 Å². The first-order valence-electron chi connectivity index (χ1n) is 7.78. The molecule has 138 valence electrons. The van der Waals surface area contributed by atoms with Crippen LogP contribution in [0.15, 0.2) is 12.1 Å². The SMILES string of the molecule is COc1cc(C(=O)N2CCNc3nc(N)nc(N)c32)cc(OC)c1OC. The van der Waals surface area contributed by atoms with Gasteiger partial charge in [-0.05, 0) is 12.1 Å². The number of hydrogen-bond donors (Lipinski definition) is 3. The lowest BCUT2D eigenvalue weighted by atomic mass is 10.1. The molecule has 3 rings (SSSR count). The van der Waals surface area contributed by atoms with Gasteiger partial charge in [-0.25, -0.2) is 0 Å². The van der Waals surface area contributed by atoms with Gasteiger partial charge in [-0.3, -0.25) is 4.79 Å². The second-order valence-corrected chi connectivity index (χ2v) is 5.46. The first-order chi connectivity index (χ1) is 12.5. The molecule has 2 aromatic rings. The van der Waals surface area contributed by atoms with Crippen LogP contribution >= 0.6 is 0 Å². The Morgan fingerprint density at radius 2 is 1.77 bits per heavy atom. The van der Waals surface area contributed by atoms with Crippen LogP contribution in [-0.2, 0) is 0 Å². The fourth-order valence-corrected chi connectivity index (χ4v) is 2.84. The molecule has 1 aliphatic rings. The molecule has 5 N–H and O–H groups in total. The monoisotopic (exact) mass is 360 g/mol. The third kappa shape index (κ3) is 2.85. The first-order valence-corrected chi connectivity index (χ1v) is 7.78. The van der Waals surface area contributed by atoms with E-state index in [9.17, 15) is 4.79 Å². The Morgan fingerprint density at radius 1 is 1.12 bits per heavy atom. The van der Waals surface area contributed by atoms with Crippen LogP contribution in [0.3, 0.4) is 0 Å². The Bertz CT molecular complexity index is 832. The van der Waals surface area contributed by atoms with Crippen LogP contribution in [0.2, 0.25) is 0 Å². The zero-order valence-corrected chi connectivity index (χ0v) is 14.7. The maximum absolute atomic E-state index is 13.1. The summed E-state index contributed by atoms with van der Waals surface area (Å²) in [6.07, 6.45) is 0. The summed E-state index contributed by atoms with van der Waals surface area (Å²) < 4.78 is 15.9. The molecule has 0 saturated heterocycles. The number of methoxy groups -OCH3 is 3. The Hall–Kier alpha value is -3.43. The van der Waals surface area contributed by atoms with Crippen molar-refractivity contribution < 1.29 is 19.0 Å². The molecule has 1 aromatic carbocycles. The van der Waals surface area contributed by atoms with Gasteiger partial charge in [-0.2, -0.15) is 9.97 Å². The normalized spacial score (nSPS) is 12.8. The lowest BCUT2D eigenvalue weighted by molar-refractivity contribution is 0.0986. The van der Waals surface area contributed by atoms with Crippen molar-refractivity contribution in [2.24, 2.45) is 0 Å². The number of nitrogens with one attached hydrogen (secondary N) is 1. The molecular weight excluding hydrogens is 340 g/mol. The van der Waals surface area contributed by atoms with Crippen molar-refractivity contribution >= 4 is 29.2 Å². The number of nitrogens with zero attached hydrogens (tertiary/aromatic N) is 3. The number of rotatable bonds is 4. The minimum Gasteiger partial charge on any atom is -0.493 e. The molecule has 10 nitrogen and oxygen atoms in total. The highest BCUT2D eigenvalue weighted by Gasteiger charge is 2.29. The van der Waals surface area contributed by atoms with Gasteiger partial charge in [0.25, 0.3) is 5.91 Å². The predicted molar refractivity (Wildman–Crippen MR) is 97.1 cm³/mol. The van der Waals surface area contributed by atoms with Crippen molar-refractivity contribution in [2.75, 3.05) is 56.1 Å². The fraction of sp³-hybridized carbons (Fsp3) is 0.312. The fourth-order valence-electron chi connectivity index (χ4n) is 2.84. The maximum atomic E-state index is 13.1. The van der Waals surface area contributed by atoms with Crippen LogP contribution in [0.1, 0.15) is 10.4 Å². The van der Waals surface area contributed by atoms with Gasteiger partial charge in [0.15, 0.2) is 23.1 Å². The standard InChI is InChI=1S/C16H20N6O4/c1-24-9-6-8(7-10(25-2)12(9)26-3)15(23)22-5-4-19-14-11(22)13(17)20-16(18)21-14/h6-7H,4-5H2,1-3H3,(H5,17,18,19,20,21). The number of amides is 1. The Kier molecular flexibility index (Phi) is 4.57. The predicted octanol–water partition coefficient (Wildman–Crippen LogP) is 0.739. The van der Waals surface area contributed by atoms with Crippen LogP contribution in [-0.4, -0.2) is 50.3 Å². The van der Waals surface area contributed by atoms with E-state index in [1.807, 2.05) is 0 Å². The summed E-state index contributed by atoms with van der Waals surface area (Å²) in [6.45, 7) is 0.888. The van der Waals surface area contributed by atoms with E-state index in [0.717, 1.165) is 0 Å². The van der Waals surface area contributed by atoms with E-state index in [-0.39, 0.29) is 17.7 Å². The van der Waals surface area contributed by atoms with Gasteiger partial charge < -0.3 is 35.9 Å². The molecule has 2 heterocycles. The highest BCUT2D eigenvalue weighted by atomic mass is 16.5. The number of anilines is 4. The number of nitrogens with two attached hydrogens (primary N) is 2. The molecule has 0 radical (unpaired) electrons. The van der Waals surface area contributed by atoms with Gasteiger partial charge in [0.1, 0.15) is 5.69 Å². The molecule has 0 aliphatic carbocycles. The summed E-state index contributed by atoms with van der Waals surface area (Å²) in [5.41, 5.74) is 12.3. The van der Waals surface area contributed by atoms with E-state index in [0.29, 0.717) is 47.4 Å². The molecular formula is C16H20N6O4. The zero-order chi connectivity index (χ0) is 18.8.